The summed E-state index contributed by atoms with van der Waals surface area (Å²) in [4.78, 5) is 14.9. The standard InChI is InChI=1S/C27H26F6N6O/c1-36-15-34-35-24(36)23(17-4-2-5-17)18-6-3-7-20(9-18)38-14-22-21(27(31,32)33)8-16(11-39(22)25(38)40)10-37-12-19(13-37)26(28,29)30/h3,6-9,11,14-15,17,19,23H,2,4-5,10,12-13H2,1H3/t23-/m1/s1. The van der Waals surface area contributed by atoms with Crippen LogP contribution in [0.3, 0.4) is 0 Å². The van der Waals surface area contributed by atoms with Gasteiger partial charge in [-0.25, -0.2) is 4.79 Å². The first kappa shape index (κ1) is 26.6. The van der Waals surface area contributed by atoms with E-state index in [-0.39, 0.29) is 36.6 Å². The first-order valence-electron chi connectivity index (χ1n) is 13.0. The first-order valence-corrected chi connectivity index (χ1v) is 13.0. The normalized spacial score (nSPS) is 18.2. The topological polar surface area (TPSA) is 60.4 Å². The number of aromatic nitrogens is 5. The molecule has 6 rings (SSSR count). The van der Waals surface area contributed by atoms with E-state index < -0.39 is 29.5 Å². The summed E-state index contributed by atoms with van der Waals surface area (Å²) in [5, 5.41) is 8.31. The highest BCUT2D eigenvalue weighted by molar-refractivity contribution is 5.58. The molecule has 0 amide bonds. The summed E-state index contributed by atoms with van der Waals surface area (Å²) in [6.45, 7) is -0.710. The van der Waals surface area contributed by atoms with Gasteiger partial charge in [0.2, 0.25) is 0 Å². The van der Waals surface area contributed by atoms with Gasteiger partial charge in [0, 0.05) is 45.0 Å². The van der Waals surface area contributed by atoms with Crippen LogP contribution in [-0.4, -0.2) is 47.9 Å². The minimum absolute atomic E-state index is 0.0803. The molecule has 1 aromatic carbocycles. The largest absolute Gasteiger partial charge is 0.418 e. The van der Waals surface area contributed by atoms with Crippen molar-refractivity contribution in [3.63, 3.8) is 0 Å². The summed E-state index contributed by atoms with van der Waals surface area (Å²) < 4.78 is 84.8. The molecule has 212 valence electrons. The second-order valence-corrected chi connectivity index (χ2v) is 10.8. The maximum Gasteiger partial charge on any atom is 0.418 e. The smallest absolute Gasteiger partial charge is 0.320 e. The summed E-state index contributed by atoms with van der Waals surface area (Å²) in [5.41, 5.74) is -0.641. The molecule has 0 radical (unpaired) electrons. The average molecular weight is 565 g/mol. The lowest BCUT2D eigenvalue weighted by molar-refractivity contribution is -0.210. The minimum atomic E-state index is -4.77. The fourth-order valence-corrected chi connectivity index (χ4v) is 5.76. The van der Waals surface area contributed by atoms with Crippen molar-refractivity contribution in [1.29, 1.82) is 0 Å². The summed E-state index contributed by atoms with van der Waals surface area (Å²) in [5.74, 6) is -0.470. The fraction of sp³-hybridized carbons (Fsp3) is 0.444. The van der Waals surface area contributed by atoms with Gasteiger partial charge in [-0.05, 0) is 48.1 Å². The molecule has 0 N–H and O–H groups in total. The molecule has 7 nitrogen and oxygen atoms in total. The maximum atomic E-state index is 14.1. The Morgan fingerprint density at radius 2 is 1.80 bits per heavy atom. The van der Waals surface area contributed by atoms with E-state index in [0.717, 1.165) is 47.3 Å². The molecule has 1 saturated heterocycles. The highest BCUT2D eigenvalue weighted by Gasteiger charge is 2.47. The molecule has 2 fully saturated rings. The number of pyridine rings is 1. The lowest BCUT2D eigenvalue weighted by Gasteiger charge is -2.40. The predicted molar refractivity (Wildman–Crippen MR) is 133 cm³/mol. The molecule has 0 bridgehead atoms. The summed E-state index contributed by atoms with van der Waals surface area (Å²) in [6.07, 6.45) is -1.93. The Morgan fingerprint density at radius 1 is 1.05 bits per heavy atom. The van der Waals surface area contributed by atoms with Crippen LogP contribution in [0.15, 0.2) is 53.8 Å². The van der Waals surface area contributed by atoms with Crippen LogP contribution < -0.4 is 5.69 Å². The van der Waals surface area contributed by atoms with Crippen molar-refractivity contribution in [1.82, 2.24) is 28.6 Å². The zero-order valence-corrected chi connectivity index (χ0v) is 21.5. The molecule has 0 unspecified atom stereocenters. The van der Waals surface area contributed by atoms with Crippen molar-refractivity contribution in [2.24, 2.45) is 18.9 Å². The average Bonchev–Trinajstić information content (AvgIpc) is 3.39. The monoisotopic (exact) mass is 564 g/mol. The van der Waals surface area contributed by atoms with Gasteiger partial charge in [-0.1, -0.05) is 18.6 Å². The van der Waals surface area contributed by atoms with Crippen molar-refractivity contribution in [2.45, 2.75) is 44.1 Å². The van der Waals surface area contributed by atoms with Crippen molar-refractivity contribution in [3.8, 4) is 5.69 Å². The number of likely N-dealkylation sites (tertiary alicyclic amines) is 1. The third-order valence-electron chi connectivity index (χ3n) is 8.11. The molecule has 3 aromatic heterocycles. The Labute approximate surface area is 224 Å². The Bertz CT molecular complexity index is 1610. The maximum absolute atomic E-state index is 14.1. The second-order valence-electron chi connectivity index (χ2n) is 10.8. The van der Waals surface area contributed by atoms with Gasteiger partial charge in [-0.15, -0.1) is 10.2 Å². The van der Waals surface area contributed by atoms with Gasteiger partial charge in [-0.2, -0.15) is 26.3 Å². The Morgan fingerprint density at radius 3 is 2.40 bits per heavy atom. The molecule has 1 saturated carbocycles. The van der Waals surface area contributed by atoms with Gasteiger partial charge in [0.05, 0.1) is 22.7 Å². The zero-order chi connectivity index (χ0) is 28.4. The van der Waals surface area contributed by atoms with Gasteiger partial charge in [0.1, 0.15) is 12.2 Å². The van der Waals surface area contributed by atoms with E-state index in [1.165, 1.54) is 15.7 Å². The van der Waals surface area contributed by atoms with Crippen LogP contribution in [0.2, 0.25) is 0 Å². The van der Waals surface area contributed by atoms with E-state index in [2.05, 4.69) is 10.2 Å². The third-order valence-corrected chi connectivity index (χ3v) is 8.11. The first-order chi connectivity index (χ1) is 18.9. The Hall–Kier alpha value is -3.61. The van der Waals surface area contributed by atoms with Crippen molar-refractivity contribution in [2.75, 3.05) is 13.1 Å². The van der Waals surface area contributed by atoms with Crippen molar-refractivity contribution < 1.29 is 26.3 Å². The van der Waals surface area contributed by atoms with Gasteiger partial charge in [0.25, 0.3) is 0 Å². The van der Waals surface area contributed by atoms with Crippen molar-refractivity contribution in [3.05, 3.63) is 82.1 Å². The molecular formula is C27H26F6N6O. The summed E-state index contributed by atoms with van der Waals surface area (Å²) in [7, 11) is 1.86. The molecule has 1 atom stereocenters. The molecule has 1 aliphatic heterocycles. The van der Waals surface area contributed by atoms with Crippen LogP contribution in [-0.2, 0) is 19.8 Å². The van der Waals surface area contributed by atoms with E-state index in [1.54, 1.807) is 24.5 Å². The van der Waals surface area contributed by atoms with Crippen LogP contribution >= 0.6 is 0 Å². The van der Waals surface area contributed by atoms with Gasteiger partial charge in [-0.3, -0.25) is 13.9 Å². The quantitative estimate of drug-likeness (QED) is 0.304. The number of rotatable bonds is 6. The van der Waals surface area contributed by atoms with Crippen LogP contribution in [0.4, 0.5) is 26.3 Å². The molecule has 4 heterocycles. The number of aryl methyl sites for hydroxylation is 1. The van der Waals surface area contributed by atoms with E-state index in [9.17, 15) is 31.1 Å². The molecule has 40 heavy (non-hydrogen) atoms. The SMILES string of the molecule is Cn1cnnc1[C@@H](c1cccc(-n2cc3c(C(F)(F)F)cc(CN4CC(C(F)(F)F)C4)cn3c2=O)c1)C1CCC1. The summed E-state index contributed by atoms with van der Waals surface area (Å²) >= 11 is 0. The van der Waals surface area contributed by atoms with E-state index in [1.807, 2.05) is 17.7 Å². The van der Waals surface area contributed by atoms with E-state index in [0.29, 0.717) is 11.6 Å². The van der Waals surface area contributed by atoms with Crippen LogP contribution in [0.25, 0.3) is 11.2 Å². The molecule has 1 aliphatic carbocycles. The Kier molecular flexibility index (Phi) is 6.32. The van der Waals surface area contributed by atoms with Gasteiger partial charge in [0.15, 0.2) is 0 Å². The number of fused-ring (bicyclic) bond motifs is 1. The number of hydrogen-bond donors (Lipinski definition) is 0. The number of alkyl halides is 6. The molecule has 0 spiro atoms. The van der Waals surface area contributed by atoms with Crippen LogP contribution in [0, 0.1) is 11.8 Å². The predicted octanol–water partition coefficient (Wildman–Crippen LogP) is 5.16. The number of imidazole rings is 1. The van der Waals surface area contributed by atoms with Gasteiger partial charge < -0.3 is 4.57 Å². The highest BCUT2D eigenvalue weighted by Crippen LogP contribution is 2.43. The molecule has 13 heteroatoms. The minimum Gasteiger partial charge on any atom is -0.320 e. The van der Waals surface area contributed by atoms with E-state index >= 15 is 0 Å². The number of benzene rings is 1. The zero-order valence-electron chi connectivity index (χ0n) is 21.5. The third kappa shape index (κ3) is 4.69. The fourth-order valence-electron chi connectivity index (χ4n) is 5.76. The molecular weight excluding hydrogens is 538 g/mol. The molecule has 4 aromatic rings. The van der Waals surface area contributed by atoms with Crippen LogP contribution in [0.1, 0.15) is 47.7 Å². The Balaban J connectivity index is 1.39. The summed E-state index contributed by atoms with van der Waals surface area (Å²) in [6, 6.07) is 8.05. The van der Waals surface area contributed by atoms with E-state index in [4.69, 9.17) is 0 Å². The lowest BCUT2D eigenvalue weighted by atomic mass is 9.72. The lowest BCUT2D eigenvalue weighted by Crippen LogP contribution is -2.52. The second kappa shape index (κ2) is 9.50. The molecule has 2 aliphatic rings. The number of nitrogens with zero attached hydrogens (tertiary/aromatic N) is 6. The van der Waals surface area contributed by atoms with Crippen molar-refractivity contribution >= 4 is 5.52 Å². The van der Waals surface area contributed by atoms with Crippen LogP contribution in [0.5, 0.6) is 0 Å². The van der Waals surface area contributed by atoms with Gasteiger partial charge >= 0.3 is 18.0 Å². The highest BCUT2D eigenvalue weighted by atomic mass is 19.4. The number of hydrogen-bond acceptors (Lipinski definition) is 4. The number of halogens is 6.